The van der Waals surface area contributed by atoms with Crippen LogP contribution in [0.15, 0.2) is 67.0 Å². The van der Waals surface area contributed by atoms with E-state index in [0.717, 1.165) is 5.56 Å². The lowest BCUT2D eigenvalue weighted by Gasteiger charge is -2.16. The first-order chi connectivity index (χ1) is 10.3. The zero-order valence-corrected chi connectivity index (χ0v) is 11.8. The highest BCUT2D eigenvalue weighted by Gasteiger charge is 2.13. The van der Waals surface area contributed by atoms with E-state index in [1.807, 2.05) is 25.1 Å². The molecule has 0 aliphatic heterocycles. The SMILES string of the molecule is C[C@@H](NC(=O)c1cccnc1)c1cccc2ccccc12. The van der Waals surface area contributed by atoms with E-state index in [1.165, 1.54) is 10.8 Å². The van der Waals surface area contributed by atoms with Crippen molar-refractivity contribution in [2.24, 2.45) is 0 Å². The molecule has 3 heteroatoms. The standard InChI is InChI=1S/C18H16N2O/c1-13(20-18(21)15-8-5-11-19-12-15)16-10-4-7-14-6-2-3-9-17(14)16/h2-13H,1H3,(H,20,21)/t13-/m1/s1. The fourth-order valence-electron chi connectivity index (χ4n) is 2.48. The highest BCUT2D eigenvalue weighted by molar-refractivity contribution is 5.94. The summed E-state index contributed by atoms with van der Waals surface area (Å²) >= 11 is 0. The van der Waals surface area contributed by atoms with Gasteiger partial charge in [0.15, 0.2) is 0 Å². The largest absolute Gasteiger partial charge is 0.345 e. The molecule has 3 nitrogen and oxygen atoms in total. The van der Waals surface area contributed by atoms with E-state index in [2.05, 4.69) is 34.6 Å². The van der Waals surface area contributed by atoms with E-state index in [-0.39, 0.29) is 11.9 Å². The molecule has 0 bridgehead atoms. The molecular weight excluding hydrogens is 260 g/mol. The van der Waals surface area contributed by atoms with Gasteiger partial charge in [-0.25, -0.2) is 0 Å². The Labute approximate surface area is 123 Å². The summed E-state index contributed by atoms with van der Waals surface area (Å²) in [5.41, 5.74) is 1.69. The fourth-order valence-corrected chi connectivity index (χ4v) is 2.48. The Morgan fingerprint density at radius 3 is 2.67 bits per heavy atom. The number of amides is 1. The van der Waals surface area contributed by atoms with E-state index < -0.39 is 0 Å². The van der Waals surface area contributed by atoms with Gasteiger partial charge in [0.2, 0.25) is 0 Å². The van der Waals surface area contributed by atoms with Gasteiger partial charge in [0.1, 0.15) is 0 Å². The van der Waals surface area contributed by atoms with Crippen molar-refractivity contribution in [3.8, 4) is 0 Å². The van der Waals surface area contributed by atoms with Crippen molar-refractivity contribution in [3.05, 3.63) is 78.1 Å². The van der Waals surface area contributed by atoms with Crippen LogP contribution < -0.4 is 5.32 Å². The number of hydrogen-bond donors (Lipinski definition) is 1. The van der Waals surface area contributed by atoms with Crippen LogP contribution in [0.4, 0.5) is 0 Å². The third-order valence-electron chi connectivity index (χ3n) is 3.56. The lowest BCUT2D eigenvalue weighted by Crippen LogP contribution is -2.26. The Bertz CT molecular complexity index is 763. The second-order valence-corrected chi connectivity index (χ2v) is 5.01. The van der Waals surface area contributed by atoms with Gasteiger partial charge in [0.05, 0.1) is 11.6 Å². The van der Waals surface area contributed by atoms with Crippen LogP contribution in [0.2, 0.25) is 0 Å². The van der Waals surface area contributed by atoms with Gasteiger partial charge >= 0.3 is 0 Å². The van der Waals surface area contributed by atoms with Gasteiger partial charge in [0, 0.05) is 12.4 Å². The van der Waals surface area contributed by atoms with Gasteiger partial charge in [-0.15, -0.1) is 0 Å². The smallest absolute Gasteiger partial charge is 0.253 e. The number of nitrogens with one attached hydrogen (secondary N) is 1. The van der Waals surface area contributed by atoms with Crippen molar-refractivity contribution in [2.75, 3.05) is 0 Å². The number of nitrogens with zero attached hydrogens (tertiary/aromatic N) is 1. The van der Waals surface area contributed by atoms with Crippen LogP contribution >= 0.6 is 0 Å². The molecule has 2 aromatic carbocycles. The first-order valence-corrected chi connectivity index (χ1v) is 6.94. The molecule has 0 spiro atoms. The third kappa shape index (κ3) is 2.77. The number of rotatable bonds is 3. The molecule has 1 aromatic heterocycles. The Morgan fingerprint density at radius 1 is 1.05 bits per heavy atom. The van der Waals surface area contributed by atoms with E-state index in [1.54, 1.807) is 24.5 Å². The molecule has 0 radical (unpaired) electrons. The molecule has 3 aromatic rings. The number of hydrogen-bond acceptors (Lipinski definition) is 2. The Hall–Kier alpha value is -2.68. The van der Waals surface area contributed by atoms with E-state index in [4.69, 9.17) is 0 Å². The van der Waals surface area contributed by atoms with Gasteiger partial charge in [-0.3, -0.25) is 9.78 Å². The molecule has 1 atom stereocenters. The minimum Gasteiger partial charge on any atom is -0.345 e. The first-order valence-electron chi connectivity index (χ1n) is 6.94. The van der Waals surface area contributed by atoms with Crippen molar-refractivity contribution in [1.82, 2.24) is 10.3 Å². The van der Waals surface area contributed by atoms with E-state index in [9.17, 15) is 4.79 Å². The fraction of sp³-hybridized carbons (Fsp3) is 0.111. The highest BCUT2D eigenvalue weighted by Crippen LogP contribution is 2.24. The second-order valence-electron chi connectivity index (χ2n) is 5.01. The Kier molecular flexibility index (Phi) is 3.65. The average Bonchev–Trinajstić information content (AvgIpc) is 2.55. The van der Waals surface area contributed by atoms with Crippen molar-refractivity contribution >= 4 is 16.7 Å². The van der Waals surface area contributed by atoms with E-state index in [0.29, 0.717) is 5.56 Å². The predicted octanol–water partition coefficient (Wildman–Crippen LogP) is 3.73. The summed E-state index contributed by atoms with van der Waals surface area (Å²) in [5, 5.41) is 5.37. The second kappa shape index (κ2) is 5.75. The maximum Gasteiger partial charge on any atom is 0.253 e. The molecule has 0 saturated carbocycles. The molecule has 21 heavy (non-hydrogen) atoms. The quantitative estimate of drug-likeness (QED) is 0.792. The minimum atomic E-state index is -0.108. The summed E-state index contributed by atoms with van der Waals surface area (Å²) in [6.45, 7) is 2.00. The molecule has 1 heterocycles. The number of carbonyl (C=O) groups excluding carboxylic acids is 1. The van der Waals surface area contributed by atoms with Gasteiger partial charge < -0.3 is 5.32 Å². The topological polar surface area (TPSA) is 42.0 Å². The number of benzene rings is 2. The zero-order valence-electron chi connectivity index (χ0n) is 11.8. The molecule has 1 amide bonds. The van der Waals surface area contributed by atoms with Crippen LogP contribution in [0.1, 0.15) is 28.9 Å². The maximum atomic E-state index is 12.2. The van der Waals surface area contributed by atoms with Gasteiger partial charge in [0.25, 0.3) is 5.91 Å². The minimum absolute atomic E-state index is 0.0659. The summed E-state index contributed by atoms with van der Waals surface area (Å²) in [7, 11) is 0. The molecule has 0 aliphatic rings. The van der Waals surface area contributed by atoms with Crippen molar-refractivity contribution in [1.29, 1.82) is 0 Å². The van der Waals surface area contributed by atoms with Crippen LogP contribution in [0.3, 0.4) is 0 Å². The summed E-state index contributed by atoms with van der Waals surface area (Å²) < 4.78 is 0. The van der Waals surface area contributed by atoms with Crippen LogP contribution in [0.5, 0.6) is 0 Å². The number of aromatic nitrogens is 1. The lowest BCUT2D eigenvalue weighted by molar-refractivity contribution is 0.0940. The summed E-state index contributed by atoms with van der Waals surface area (Å²) in [5.74, 6) is -0.108. The molecule has 0 saturated heterocycles. The highest BCUT2D eigenvalue weighted by atomic mass is 16.1. The molecule has 0 aliphatic carbocycles. The first kappa shape index (κ1) is 13.3. The Morgan fingerprint density at radius 2 is 1.86 bits per heavy atom. The normalized spacial score (nSPS) is 12.0. The molecule has 0 fully saturated rings. The lowest BCUT2D eigenvalue weighted by atomic mass is 9.99. The monoisotopic (exact) mass is 276 g/mol. The molecule has 104 valence electrons. The van der Waals surface area contributed by atoms with Crippen molar-refractivity contribution < 1.29 is 4.79 Å². The maximum absolute atomic E-state index is 12.2. The number of carbonyl (C=O) groups is 1. The van der Waals surface area contributed by atoms with Crippen LogP contribution in [-0.2, 0) is 0 Å². The summed E-state index contributed by atoms with van der Waals surface area (Å²) in [6, 6.07) is 17.8. The van der Waals surface area contributed by atoms with Gasteiger partial charge in [-0.05, 0) is 35.4 Å². The predicted molar refractivity (Wildman–Crippen MR) is 84.1 cm³/mol. The number of fused-ring (bicyclic) bond motifs is 1. The van der Waals surface area contributed by atoms with Gasteiger partial charge in [-0.2, -0.15) is 0 Å². The molecule has 0 unspecified atom stereocenters. The van der Waals surface area contributed by atoms with Crippen LogP contribution in [0.25, 0.3) is 10.8 Å². The van der Waals surface area contributed by atoms with Crippen LogP contribution in [0, 0.1) is 0 Å². The molecule has 3 rings (SSSR count). The van der Waals surface area contributed by atoms with Gasteiger partial charge in [-0.1, -0.05) is 42.5 Å². The van der Waals surface area contributed by atoms with Crippen molar-refractivity contribution in [2.45, 2.75) is 13.0 Å². The molecular formula is C18H16N2O. The summed E-state index contributed by atoms with van der Waals surface area (Å²) in [4.78, 5) is 16.2. The molecule has 1 N–H and O–H groups in total. The zero-order chi connectivity index (χ0) is 14.7. The van der Waals surface area contributed by atoms with Crippen LogP contribution in [-0.4, -0.2) is 10.9 Å². The summed E-state index contributed by atoms with van der Waals surface area (Å²) in [6.07, 6.45) is 3.23. The third-order valence-corrected chi connectivity index (χ3v) is 3.56. The van der Waals surface area contributed by atoms with E-state index >= 15 is 0 Å². The average molecular weight is 276 g/mol. The number of pyridine rings is 1. The Balaban J connectivity index is 1.88. The van der Waals surface area contributed by atoms with Crippen molar-refractivity contribution in [3.63, 3.8) is 0 Å².